The zero-order chi connectivity index (χ0) is 18.1. The van der Waals surface area contributed by atoms with Crippen LogP contribution in [0.2, 0.25) is 0 Å². The monoisotopic (exact) mass is 378 g/mol. The minimum atomic E-state index is 0.604. The molecule has 5 heteroatoms. The average Bonchev–Trinajstić information content (AvgIpc) is 3.30. The molecule has 4 aromatic rings. The summed E-state index contributed by atoms with van der Waals surface area (Å²) >= 11 is 1.50. The van der Waals surface area contributed by atoms with E-state index >= 15 is 0 Å². The van der Waals surface area contributed by atoms with Gasteiger partial charge in [0.05, 0.1) is 11.0 Å². The molecule has 1 fully saturated rings. The van der Waals surface area contributed by atoms with Crippen molar-refractivity contribution in [1.29, 1.82) is 0 Å². The van der Waals surface area contributed by atoms with E-state index in [1.54, 1.807) is 6.20 Å². The van der Waals surface area contributed by atoms with Gasteiger partial charge in [-0.1, -0.05) is 43.4 Å². The highest BCUT2D eigenvalue weighted by molar-refractivity contribution is 7.20. The zero-order valence-electron chi connectivity index (χ0n) is 15.2. The smallest absolute Gasteiger partial charge is 0.281 e. The molecule has 5 rings (SSSR count). The summed E-state index contributed by atoms with van der Waals surface area (Å²) < 4.78 is 12.8. The molecule has 0 unspecified atom stereocenters. The van der Waals surface area contributed by atoms with Crippen molar-refractivity contribution in [2.75, 3.05) is 0 Å². The van der Waals surface area contributed by atoms with E-state index in [-0.39, 0.29) is 0 Å². The Morgan fingerprint density at radius 1 is 1.15 bits per heavy atom. The molecule has 0 aliphatic heterocycles. The van der Waals surface area contributed by atoms with Gasteiger partial charge in [0.2, 0.25) is 0 Å². The molecule has 0 spiro atoms. The number of nitrogens with zero attached hydrogens (tertiary/aromatic N) is 2. The molecular formula is C22H22N2O2S. The lowest BCUT2D eigenvalue weighted by atomic mass is 9.85. The van der Waals surface area contributed by atoms with E-state index in [1.165, 1.54) is 60.8 Å². The lowest BCUT2D eigenvalue weighted by molar-refractivity contribution is 0.339. The first-order chi connectivity index (χ1) is 13.3. The normalized spacial score (nSPS) is 15.6. The maximum absolute atomic E-state index is 5.94. The summed E-state index contributed by atoms with van der Waals surface area (Å²) in [6.45, 7) is 0. The fourth-order valence-electron chi connectivity index (χ4n) is 4.05. The molecule has 1 aliphatic rings. The van der Waals surface area contributed by atoms with Crippen LogP contribution in [0, 0.1) is 5.92 Å². The van der Waals surface area contributed by atoms with Crippen LogP contribution in [-0.4, -0.2) is 9.97 Å². The third-order valence-electron chi connectivity index (χ3n) is 5.52. The van der Waals surface area contributed by atoms with E-state index < -0.39 is 0 Å². The summed E-state index contributed by atoms with van der Waals surface area (Å²) in [6.07, 6.45) is 13.0. The van der Waals surface area contributed by atoms with Gasteiger partial charge in [0, 0.05) is 17.6 Å². The highest BCUT2D eigenvalue weighted by atomic mass is 32.1. The van der Waals surface area contributed by atoms with Crippen LogP contribution in [0.5, 0.6) is 10.9 Å². The number of aryl methyl sites for hydroxylation is 1. The summed E-state index contributed by atoms with van der Waals surface area (Å²) in [5.41, 5.74) is 2.92. The van der Waals surface area contributed by atoms with Crippen LogP contribution in [0.15, 0.2) is 47.2 Å². The van der Waals surface area contributed by atoms with Gasteiger partial charge in [0.1, 0.15) is 11.3 Å². The van der Waals surface area contributed by atoms with Gasteiger partial charge in [0.25, 0.3) is 5.19 Å². The van der Waals surface area contributed by atoms with Gasteiger partial charge in [-0.15, -0.1) is 0 Å². The van der Waals surface area contributed by atoms with Crippen molar-refractivity contribution in [3.63, 3.8) is 0 Å². The molecule has 3 heterocycles. The lowest BCUT2D eigenvalue weighted by Gasteiger charge is -2.20. The van der Waals surface area contributed by atoms with Crippen LogP contribution < -0.4 is 4.74 Å². The van der Waals surface area contributed by atoms with Gasteiger partial charge in [-0.3, -0.25) is 0 Å². The van der Waals surface area contributed by atoms with Gasteiger partial charge < -0.3 is 9.15 Å². The number of benzene rings is 1. The van der Waals surface area contributed by atoms with Crippen LogP contribution in [0.25, 0.3) is 21.3 Å². The van der Waals surface area contributed by atoms with E-state index in [4.69, 9.17) is 9.15 Å². The van der Waals surface area contributed by atoms with Crippen molar-refractivity contribution in [2.24, 2.45) is 5.92 Å². The van der Waals surface area contributed by atoms with Crippen LogP contribution in [0.1, 0.15) is 44.1 Å². The number of aromatic nitrogens is 2. The molecule has 0 amide bonds. The van der Waals surface area contributed by atoms with E-state index in [0.29, 0.717) is 5.19 Å². The predicted octanol–water partition coefficient (Wildman–Crippen LogP) is 6.74. The summed E-state index contributed by atoms with van der Waals surface area (Å²) in [4.78, 5) is 8.69. The maximum atomic E-state index is 5.94. The molecule has 0 N–H and O–H groups in total. The fourth-order valence-corrected chi connectivity index (χ4v) is 4.84. The Bertz CT molecular complexity index is 1030. The quantitative estimate of drug-likeness (QED) is 0.386. The Morgan fingerprint density at radius 2 is 2.07 bits per heavy atom. The number of pyridine rings is 1. The Morgan fingerprint density at radius 3 is 2.96 bits per heavy atom. The lowest BCUT2D eigenvalue weighted by Crippen LogP contribution is -2.07. The molecule has 0 saturated heterocycles. The molecule has 0 bridgehead atoms. The molecule has 4 nitrogen and oxygen atoms in total. The average molecular weight is 378 g/mol. The maximum Gasteiger partial charge on any atom is 0.281 e. The molecule has 138 valence electrons. The number of thiazole rings is 1. The van der Waals surface area contributed by atoms with E-state index in [9.17, 15) is 0 Å². The Labute approximate surface area is 162 Å². The van der Waals surface area contributed by atoms with Crippen molar-refractivity contribution in [2.45, 2.75) is 44.9 Å². The topological polar surface area (TPSA) is 48.2 Å². The number of hydrogen-bond donors (Lipinski definition) is 0. The first kappa shape index (κ1) is 16.8. The summed E-state index contributed by atoms with van der Waals surface area (Å²) in [5, 5.41) is 1.80. The first-order valence-electron chi connectivity index (χ1n) is 9.75. The molecule has 1 aromatic carbocycles. The van der Waals surface area contributed by atoms with Crippen molar-refractivity contribution in [3.8, 4) is 10.9 Å². The van der Waals surface area contributed by atoms with Crippen LogP contribution in [0.4, 0.5) is 0 Å². The molecule has 3 aromatic heterocycles. The second-order valence-electron chi connectivity index (χ2n) is 7.37. The molecule has 1 saturated carbocycles. The first-order valence-corrected chi connectivity index (χ1v) is 10.6. The number of ether oxygens (including phenoxy) is 1. The Hall–Kier alpha value is -2.40. The third kappa shape index (κ3) is 3.56. The second-order valence-corrected chi connectivity index (χ2v) is 8.36. The molecular weight excluding hydrogens is 356 g/mol. The summed E-state index contributed by atoms with van der Waals surface area (Å²) in [5.74, 6) is 1.63. The number of furan rings is 1. The fraction of sp³-hybridized carbons (Fsp3) is 0.364. The van der Waals surface area contributed by atoms with E-state index in [0.717, 1.165) is 34.0 Å². The molecule has 0 radical (unpaired) electrons. The van der Waals surface area contributed by atoms with Gasteiger partial charge in [-0.05, 0) is 48.6 Å². The van der Waals surface area contributed by atoms with Crippen LogP contribution in [-0.2, 0) is 6.42 Å². The van der Waals surface area contributed by atoms with Crippen molar-refractivity contribution >= 4 is 32.7 Å². The highest BCUT2D eigenvalue weighted by Crippen LogP contribution is 2.34. The summed E-state index contributed by atoms with van der Waals surface area (Å²) in [7, 11) is 0. The second kappa shape index (κ2) is 7.31. The Balaban J connectivity index is 1.31. The summed E-state index contributed by atoms with van der Waals surface area (Å²) in [6, 6.07) is 9.98. The molecule has 1 aliphatic carbocycles. The van der Waals surface area contributed by atoms with E-state index in [2.05, 4.69) is 16.0 Å². The van der Waals surface area contributed by atoms with E-state index in [1.807, 2.05) is 30.5 Å². The third-order valence-corrected chi connectivity index (χ3v) is 6.41. The predicted molar refractivity (Wildman–Crippen MR) is 109 cm³/mol. The van der Waals surface area contributed by atoms with Gasteiger partial charge in [-0.25, -0.2) is 4.98 Å². The minimum Gasteiger partial charge on any atom is -0.464 e. The van der Waals surface area contributed by atoms with Gasteiger partial charge in [0.15, 0.2) is 5.65 Å². The zero-order valence-corrected chi connectivity index (χ0v) is 16.0. The number of fused-ring (bicyclic) bond motifs is 2. The van der Waals surface area contributed by atoms with Crippen molar-refractivity contribution in [1.82, 2.24) is 9.97 Å². The number of hydrogen-bond acceptors (Lipinski definition) is 5. The van der Waals surface area contributed by atoms with Crippen LogP contribution in [0.3, 0.4) is 0 Å². The standard InChI is InChI=1S/C22H22N2O2S/c1-2-5-15(6-3-1)8-9-16-14-25-19-13-17(10-11-18(16)19)26-22-24-21-20(27-22)7-4-12-23-21/h4,7,10-15H,1-3,5-6,8-9H2. The van der Waals surface area contributed by atoms with Gasteiger partial charge in [-0.2, -0.15) is 4.98 Å². The minimum absolute atomic E-state index is 0.604. The van der Waals surface area contributed by atoms with Gasteiger partial charge >= 0.3 is 0 Å². The van der Waals surface area contributed by atoms with Crippen molar-refractivity contribution in [3.05, 3.63) is 48.4 Å². The number of rotatable bonds is 5. The molecule has 0 atom stereocenters. The largest absolute Gasteiger partial charge is 0.464 e. The van der Waals surface area contributed by atoms with Crippen molar-refractivity contribution < 1.29 is 9.15 Å². The Kier molecular flexibility index (Phi) is 4.54. The highest BCUT2D eigenvalue weighted by Gasteiger charge is 2.15. The molecule has 27 heavy (non-hydrogen) atoms. The van der Waals surface area contributed by atoms with Crippen LogP contribution >= 0.6 is 11.3 Å². The SMILES string of the molecule is c1cnc2nc(Oc3ccc4c(CCC5CCCCC5)coc4c3)sc2c1.